The number of hydrogen-bond acceptors (Lipinski definition) is 3. The molecule has 1 amide bonds. The van der Waals surface area contributed by atoms with Gasteiger partial charge in [0.05, 0.1) is 18.6 Å². The molecule has 4 heteroatoms. The molecular weight excluding hydrogens is 252 g/mol. The molecule has 0 unspecified atom stereocenters. The summed E-state index contributed by atoms with van der Waals surface area (Å²) < 4.78 is 5.65. The van der Waals surface area contributed by atoms with Crippen LogP contribution in [0.1, 0.15) is 38.7 Å². The molecule has 0 bridgehead atoms. The molecular formula is C16H24N2O2. The fraction of sp³-hybridized carbons (Fsp3) is 0.562. The van der Waals surface area contributed by atoms with E-state index in [9.17, 15) is 4.79 Å². The van der Waals surface area contributed by atoms with Crippen LogP contribution in [0, 0.1) is 0 Å². The molecule has 1 aliphatic rings. The van der Waals surface area contributed by atoms with E-state index in [1.165, 1.54) is 0 Å². The number of nitrogens with zero attached hydrogens (tertiary/aromatic N) is 1. The standard InChI is InChI=1S/C16H24N2O2/c1-11(2)20-9-8-18-12(3)10-14(16(17)19)13-6-4-5-7-15(13)18/h4-7,11-12,14H,8-10H2,1-3H3,(H2,17,19)/t12-,14+/m1/s1. The number of carbonyl (C=O) groups excluding carboxylic acids is 1. The highest BCUT2D eigenvalue weighted by Gasteiger charge is 2.32. The number of para-hydroxylation sites is 1. The van der Waals surface area contributed by atoms with Crippen molar-refractivity contribution in [3.63, 3.8) is 0 Å². The summed E-state index contributed by atoms with van der Waals surface area (Å²) >= 11 is 0. The second-order valence-electron chi connectivity index (χ2n) is 5.71. The Bertz CT molecular complexity index is 473. The van der Waals surface area contributed by atoms with Crippen molar-refractivity contribution in [2.75, 3.05) is 18.1 Å². The molecule has 0 aliphatic carbocycles. The molecule has 0 spiro atoms. The molecule has 110 valence electrons. The molecule has 0 saturated carbocycles. The molecule has 0 radical (unpaired) electrons. The van der Waals surface area contributed by atoms with Crippen molar-refractivity contribution in [1.82, 2.24) is 0 Å². The number of amides is 1. The fourth-order valence-corrected chi connectivity index (χ4v) is 2.87. The van der Waals surface area contributed by atoms with Gasteiger partial charge in [0.1, 0.15) is 0 Å². The molecule has 0 aromatic heterocycles. The van der Waals surface area contributed by atoms with Gasteiger partial charge in [-0.05, 0) is 38.8 Å². The summed E-state index contributed by atoms with van der Waals surface area (Å²) in [7, 11) is 0. The normalized spacial score (nSPS) is 21.9. The number of benzene rings is 1. The number of carbonyl (C=O) groups is 1. The van der Waals surface area contributed by atoms with E-state index < -0.39 is 0 Å². The highest BCUT2D eigenvalue weighted by atomic mass is 16.5. The van der Waals surface area contributed by atoms with E-state index in [0.717, 1.165) is 24.2 Å². The lowest BCUT2D eigenvalue weighted by Crippen LogP contribution is -2.43. The number of nitrogens with two attached hydrogens (primary N) is 1. The Morgan fingerprint density at radius 2 is 2.15 bits per heavy atom. The Morgan fingerprint density at radius 3 is 2.80 bits per heavy atom. The summed E-state index contributed by atoms with van der Waals surface area (Å²) in [6.07, 6.45) is 1.01. The third-order valence-corrected chi connectivity index (χ3v) is 3.86. The summed E-state index contributed by atoms with van der Waals surface area (Å²) in [4.78, 5) is 14.0. The first kappa shape index (κ1) is 14.9. The highest BCUT2D eigenvalue weighted by molar-refractivity contribution is 5.85. The third kappa shape index (κ3) is 3.12. The molecule has 0 saturated heterocycles. The summed E-state index contributed by atoms with van der Waals surface area (Å²) in [5.41, 5.74) is 7.70. The maximum absolute atomic E-state index is 11.7. The van der Waals surface area contributed by atoms with Gasteiger partial charge in [0.15, 0.2) is 0 Å². The maximum atomic E-state index is 11.7. The van der Waals surface area contributed by atoms with Crippen LogP contribution in [0.4, 0.5) is 5.69 Å². The van der Waals surface area contributed by atoms with Gasteiger partial charge in [-0.2, -0.15) is 0 Å². The van der Waals surface area contributed by atoms with Crippen LogP contribution in [0.2, 0.25) is 0 Å². The first-order valence-corrected chi connectivity index (χ1v) is 7.27. The molecule has 2 N–H and O–H groups in total. The van der Waals surface area contributed by atoms with Crippen LogP contribution in [0.15, 0.2) is 24.3 Å². The SMILES string of the molecule is CC(C)OCCN1c2ccccc2[C@@H](C(N)=O)C[C@H]1C. The molecule has 1 aromatic rings. The van der Waals surface area contributed by atoms with Gasteiger partial charge in [-0.3, -0.25) is 4.79 Å². The summed E-state index contributed by atoms with van der Waals surface area (Å²) in [5.74, 6) is -0.411. The molecule has 2 atom stereocenters. The van der Waals surface area contributed by atoms with Crippen molar-refractivity contribution in [3.8, 4) is 0 Å². The zero-order valence-corrected chi connectivity index (χ0v) is 12.5. The van der Waals surface area contributed by atoms with Crippen molar-refractivity contribution >= 4 is 11.6 Å². The molecule has 1 aliphatic heterocycles. The molecule has 1 heterocycles. The van der Waals surface area contributed by atoms with Crippen LogP contribution in [-0.2, 0) is 9.53 Å². The van der Waals surface area contributed by atoms with Gasteiger partial charge in [-0.25, -0.2) is 0 Å². The zero-order chi connectivity index (χ0) is 14.7. The largest absolute Gasteiger partial charge is 0.377 e. The van der Waals surface area contributed by atoms with Gasteiger partial charge >= 0.3 is 0 Å². The lowest BCUT2D eigenvalue weighted by molar-refractivity contribution is -0.119. The second-order valence-corrected chi connectivity index (χ2v) is 5.71. The topological polar surface area (TPSA) is 55.6 Å². The smallest absolute Gasteiger partial charge is 0.225 e. The minimum atomic E-state index is -0.234. The first-order chi connectivity index (χ1) is 9.50. The average Bonchev–Trinajstić information content (AvgIpc) is 2.40. The number of primary amides is 1. The van der Waals surface area contributed by atoms with Gasteiger partial charge in [0.2, 0.25) is 5.91 Å². The van der Waals surface area contributed by atoms with E-state index in [-0.39, 0.29) is 24.0 Å². The number of hydrogen-bond donors (Lipinski definition) is 1. The Morgan fingerprint density at radius 1 is 1.45 bits per heavy atom. The van der Waals surface area contributed by atoms with E-state index in [4.69, 9.17) is 10.5 Å². The predicted octanol–water partition coefficient (Wildman–Crippen LogP) is 2.28. The van der Waals surface area contributed by atoms with Crippen LogP contribution in [0.3, 0.4) is 0 Å². The van der Waals surface area contributed by atoms with Gasteiger partial charge in [-0.1, -0.05) is 18.2 Å². The molecule has 0 fully saturated rings. The molecule has 1 aromatic carbocycles. The maximum Gasteiger partial charge on any atom is 0.225 e. The average molecular weight is 276 g/mol. The van der Waals surface area contributed by atoms with E-state index in [1.807, 2.05) is 32.0 Å². The van der Waals surface area contributed by atoms with Crippen molar-refractivity contribution in [2.45, 2.75) is 45.3 Å². The number of rotatable bonds is 5. The van der Waals surface area contributed by atoms with Gasteiger partial charge in [0.25, 0.3) is 0 Å². The van der Waals surface area contributed by atoms with Crippen LogP contribution < -0.4 is 10.6 Å². The summed E-state index contributed by atoms with van der Waals surface area (Å²) in [6, 6.07) is 8.33. The first-order valence-electron chi connectivity index (χ1n) is 7.27. The minimum Gasteiger partial charge on any atom is -0.377 e. The summed E-state index contributed by atoms with van der Waals surface area (Å²) in [5, 5.41) is 0. The van der Waals surface area contributed by atoms with E-state index >= 15 is 0 Å². The van der Waals surface area contributed by atoms with Crippen LogP contribution in [-0.4, -0.2) is 31.2 Å². The Labute approximate surface area is 120 Å². The predicted molar refractivity (Wildman–Crippen MR) is 80.9 cm³/mol. The third-order valence-electron chi connectivity index (χ3n) is 3.86. The zero-order valence-electron chi connectivity index (χ0n) is 12.5. The van der Waals surface area contributed by atoms with Crippen LogP contribution in [0.25, 0.3) is 0 Å². The number of fused-ring (bicyclic) bond motifs is 1. The lowest BCUT2D eigenvalue weighted by atomic mass is 9.85. The van der Waals surface area contributed by atoms with E-state index in [0.29, 0.717) is 6.61 Å². The number of anilines is 1. The lowest BCUT2D eigenvalue weighted by Gasteiger charge is -2.40. The molecule has 2 rings (SSSR count). The Hall–Kier alpha value is -1.55. The van der Waals surface area contributed by atoms with Gasteiger partial charge in [-0.15, -0.1) is 0 Å². The Balaban J connectivity index is 2.20. The van der Waals surface area contributed by atoms with Crippen LogP contribution in [0.5, 0.6) is 0 Å². The second kappa shape index (κ2) is 6.27. The van der Waals surface area contributed by atoms with Crippen molar-refractivity contribution < 1.29 is 9.53 Å². The molecule has 20 heavy (non-hydrogen) atoms. The van der Waals surface area contributed by atoms with E-state index in [2.05, 4.69) is 17.9 Å². The van der Waals surface area contributed by atoms with Crippen molar-refractivity contribution in [2.24, 2.45) is 5.73 Å². The van der Waals surface area contributed by atoms with Crippen molar-refractivity contribution in [3.05, 3.63) is 29.8 Å². The van der Waals surface area contributed by atoms with Gasteiger partial charge in [0, 0.05) is 18.3 Å². The highest BCUT2D eigenvalue weighted by Crippen LogP contribution is 2.37. The monoisotopic (exact) mass is 276 g/mol. The Kier molecular flexibility index (Phi) is 4.65. The van der Waals surface area contributed by atoms with E-state index in [1.54, 1.807) is 0 Å². The fourth-order valence-electron chi connectivity index (χ4n) is 2.87. The summed E-state index contributed by atoms with van der Waals surface area (Å²) in [6.45, 7) is 7.74. The molecule has 4 nitrogen and oxygen atoms in total. The van der Waals surface area contributed by atoms with Crippen LogP contribution >= 0.6 is 0 Å². The van der Waals surface area contributed by atoms with Gasteiger partial charge < -0.3 is 15.4 Å². The number of ether oxygens (including phenoxy) is 1. The minimum absolute atomic E-state index is 0.177. The quantitative estimate of drug-likeness (QED) is 0.897. The van der Waals surface area contributed by atoms with Crippen molar-refractivity contribution in [1.29, 1.82) is 0 Å².